The number of methoxy groups -OCH3 is 1. The zero-order valence-corrected chi connectivity index (χ0v) is 14.7. The molecule has 0 aromatic heterocycles. The third-order valence-electron chi connectivity index (χ3n) is 5.33. The lowest BCUT2D eigenvalue weighted by atomic mass is 9.73. The molecule has 1 aliphatic heterocycles. The molecule has 0 aromatic rings. The van der Waals surface area contributed by atoms with Gasteiger partial charge in [-0.1, -0.05) is 19.3 Å². The highest BCUT2D eigenvalue weighted by Gasteiger charge is 2.35. The Kier molecular flexibility index (Phi) is 6.10. The van der Waals surface area contributed by atoms with Gasteiger partial charge in [0.05, 0.1) is 6.10 Å². The molecule has 1 heterocycles. The van der Waals surface area contributed by atoms with E-state index in [1.807, 2.05) is 7.11 Å². The van der Waals surface area contributed by atoms with E-state index in [-0.39, 0.29) is 5.54 Å². The van der Waals surface area contributed by atoms with Crippen molar-refractivity contribution in [1.82, 2.24) is 10.2 Å². The largest absolute Gasteiger partial charge is 0.381 e. The van der Waals surface area contributed by atoms with Crippen molar-refractivity contribution in [3.8, 4) is 0 Å². The lowest BCUT2D eigenvalue weighted by molar-refractivity contribution is 0.0174. The van der Waals surface area contributed by atoms with E-state index in [0.29, 0.717) is 11.5 Å². The Labute approximate surface area is 131 Å². The van der Waals surface area contributed by atoms with Crippen LogP contribution in [-0.4, -0.2) is 49.8 Å². The highest BCUT2D eigenvalue weighted by atomic mass is 16.5. The predicted molar refractivity (Wildman–Crippen MR) is 89.7 cm³/mol. The van der Waals surface area contributed by atoms with Gasteiger partial charge in [0.25, 0.3) is 0 Å². The van der Waals surface area contributed by atoms with Gasteiger partial charge in [-0.2, -0.15) is 0 Å². The lowest BCUT2D eigenvalue weighted by Gasteiger charge is -2.44. The fourth-order valence-electron chi connectivity index (χ4n) is 3.92. The second-order valence-electron chi connectivity index (χ2n) is 8.38. The van der Waals surface area contributed by atoms with Crippen molar-refractivity contribution < 1.29 is 4.74 Å². The summed E-state index contributed by atoms with van der Waals surface area (Å²) in [5.74, 6) is 0. The molecule has 0 spiro atoms. The smallest absolute Gasteiger partial charge is 0.0595 e. The van der Waals surface area contributed by atoms with E-state index < -0.39 is 0 Å². The molecule has 0 bridgehead atoms. The van der Waals surface area contributed by atoms with E-state index in [2.05, 4.69) is 31.0 Å². The molecule has 3 nitrogen and oxygen atoms in total. The van der Waals surface area contributed by atoms with Crippen molar-refractivity contribution >= 4 is 0 Å². The average Bonchev–Trinajstić information content (AvgIpc) is 2.46. The number of rotatable bonds is 5. The van der Waals surface area contributed by atoms with Crippen LogP contribution in [0.25, 0.3) is 0 Å². The van der Waals surface area contributed by atoms with E-state index in [0.717, 1.165) is 0 Å². The van der Waals surface area contributed by atoms with Crippen LogP contribution in [0.5, 0.6) is 0 Å². The fourth-order valence-corrected chi connectivity index (χ4v) is 3.92. The van der Waals surface area contributed by atoms with Crippen LogP contribution in [0, 0.1) is 5.41 Å². The fraction of sp³-hybridized carbons (Fsp3) is 1.00. The normalized spacial score (nSPS) is 25.1. The van der Waals surface area contributed by atoms with Crippen molar-refractivity contribution in [2.45, 2.75) is 77.4 Å². The summed E-state index contributed by atoms with van der Waals surface area (Å²) in [6, 6.07) is 0. The van der Waals surface area contributed by atoms with Crippen LogP contribution in [0.2, 0.25) is 0 Å². The highest BCUT2D eigenvalue weighted by Crippen LogP contribution is 2.37. The highest BCUT2D eigenvalue weighted by molar-refractivity contribution is 4.91. The summed E-state index contributed by atoms with van der Waals surface area (Å²) >= 11 is 0. The van der Waals surface area contributed by atoms with E-state index in [1.54, 1.807) is 0 Å². The predicted octanol–water partition coefficient (Wildman–Crippen LogP) is 3.44. The molecular formula is C18H36N2O. The minimum atomic E-state index is 0.230. The molecule has 0 radical (unpaired) electrons. The minimum absolute atomic E-state index is 0.230. The van der Waals surface area contributed by atoms with E-state index in [4.69, 9.17) is 4.74 Å². The first-order valence-corrected chi connectivity index (χ1v) is 8.93. The molecule has 2 aliphatic rings. The van der Waals surface area contributed by atoms with Gasteiger partial charge in [0, 0.05) is 38.8 Å². The third-order valence-corrected chi connectivity index (χ3v) is 5.33. The molecule has 1 saturated carbocycles. The van der Waals surface area contributed by atoms with Gasteiger partial charge in [0.1, 0.15) is 0 Å². The number of hydrogen-bond acceptors (Lipinski definition) is 3. The van der Waals surface area contributed by atoms with Crippen LogP contribution in [0.1, 0.15) is 65.7 Å². The quantitative estimate of drug-likeness (QED) is 0.841. The van der Waals surface area contributed by atoms with Crippen molar-refractivity contribution in [3.63, 3.8) is 0 Å². The molecule has 1 aliphatic carbocycles. The first-order valence-electron chi connectivity index (χ1n) is 8.93. The monoisotopic (exact) mass is 296 g/mol. The molecule has 21 heavy (non-hydrogen) atoms. The first-order chi connectivity index (χ1) is 9.92. The van der Waals surface area contributed by atoms with Crippen molar-refractivity contribution in [2.24, 2.45) is 5.41 Å². The van der Waals surface area contributed by atoms with Crippen molar-refractivity contribution in [2.75, 3.05) is 33.3 Å². The summed E-state index contributed by atoms with van der Waals surface area (Å²) in [5.41, 5.74) is 0.735. The summed E-state index contributed by atoms with van der Waals surface area (Å²) in [7, 11) is 1.86. The Hall–Kier alpha value is -0.120. The standard InChI is InChI=1S/C18H36N2O/c1-17(2,3)19-14-18(10-6-5-7-11-18)15-20-12-8-16(21-4)9-13-20/h16,19H,5-15H2,1-4H3. The van der Waals surface area contributed by atoms with E-state index in [1.165, 1.54) is 71.1 Å². The number of nitrogens with one attached hydrogen (secondary N) is 1. The Morgan fingerprint density at radius 2 is 1.71 bits per heavy atom. The molecule has 124 valence electrons. The average molecular weight is 296 g/mol. The molecule has 0 atom stereocenters. The Balaban J connectivity index is 1.90. The molecule has 2 fully saturated rings. The maximum atomic E-state index is 5.51. The summed E-state index contributed by atoms with van der Waals surface area (Å²) in [6.45, 7) is 11.8. The van der Waals surface area contributed by atoms with Gasteiger partial charge >= 0.3 is 0 Å². The zero-order chi connectivity index (χ0) is 15.3. The molecule has 3 heteroatoms. The van der Waals surface area contributed by atoms with Gasteiger partial charge in [-0.15, -0.1) is 0 Å². The lowest BCUT2D eigenvalue weighted by Crippen LogP contribution is -2.51. The Bertz CT molecular complexity index is 297. The van der Waals surface area contributed by atoms with Crippen LogP contribution >= 0.6 is 0 Å². The number of likely N-dealkylation sites (tertiary alicyclic amines) is 1. The Morgan fingerprint density at radius 1 is 1.10 bits per heavy atom. The Morgan fingerprint density at radius 3 is 2.24 bits per heavy atom. The van der Waals surface area contributed by atoms with E-state index >= 15 is 0 Å². The number of ether oxygens (including phenoxy) is 1. The summed E-state index contributed by atoms with van der Waals surface area (Å²) in [6.07, 6.45) is 9.99. The molecule has 2 rings (SSSR count). The van der Waals surface area contributed by atoms with Gasteiger partial charge < -0.3 is 15.0 Å². The van der Waals surface area contributed by atoms with Crippen LogP contribution in [0.4, 0.5) is 0 Å². The summed E-state index contributed by atoms with van der Waals surface area (Å²) < 4.78 is 5.51. The van der Waals surface area contributed by atoms with Crippen LogP contribution in [-0.2, 0) is 4.74 Å². The molecular weight excluding hydrogens is 260 g/mol. The summed E-state index contributed by atoms with van der Waals surface area (Å²) in [4.78, 5) is 2.70. The van der Waals surface area contributed by atoms with Gasteiger partial charge in [-0.25, -0.2) is 0 Å². The number of piperidine rings is 1. The van der Waals surface area contributed by atoms with Crippen molar-refractivity contribution in [1.29, 1.82) is 0 Å². The van der Waals surface area contributed by atoms with E-state index in [9.17, 15) is 0 Å². The van der Waals surface area contributed by atoms with Gasteiger partial charge in [0.15, 0.2) is 0 Å². The second kappa shape index (κ2) is 7.43. The van der Waals surface area contributed by atoms with Crippen LogP contribution in [0.15, 0.2) is 0 Å². The minimum Gasteiger partial charge on any atom is -0.381 e. The summed E-state index contributed by atoms with van der Waals surface area (Å²) in [5, 5.41) is 3.79. The molecule has 1 saturated heterocycles. The van der Waals surface area contributed by atoms with Gasteiger partial charge in [0.2, 0.25) is 0 Å². The SMILES string of the molecule is COC1CCN(CC2(CNC(C)(C)C)CCCCC2)CC1. The van der Waals surface area contributed by atoms with Gasteiger partial charge in [-0.05, 0) is 51.9 Å². The first kappa shape index (κ1) is 17.2. The van der Waals surface area contributed by atoms with Gasteiger partial charge in [-0.3, -0.25) is 0 Å². The van der Waals surface area contributed by atoms with Crippen LogP contribution < -0.4 is 5.32 Å². The van der Waals surface area contributed by atoms with Crippen molar-refractivity contribution in [3.05, 3.63) is 0 Å². The maximum absolute atomic E-state index is 5.51. The third kappa shape index (κ3) is 5.54. The second-order valence-corrected chi connectivity index (χ2v) is 8.38. The maximum Gasteiger partial charge on any atom is 0.0595 e. The van der Waals surface area contributed by atoms with Crippen LogP contribution in [0.3, 0.4) is 0 Å². The topological polar surface area (TPSA) is 24.5 Å². The molecule has 0 unspecified atom stereocenters. The number of hydrogen-bond donors (Lipinski definition) is 1. The molecule has 1 N–H and O–H groups in total. The zero-order valence-electron chi connectivity index (χ0n) is 14.7. The molecule has 0 amide bonds. The number of nitrogens with zero attached hydrogens (tertiary/aromatic N) is 1. The molecule has 0 aromatic carbocycles.